The first-order chi connectivity index (χ1) is 9.10. The number of halogens is 4. The average molecular weight is 293 g/mol. The molecule has 0 radical (unpaired) electrons. The molecule has 7 heteroatoms. The quantitative estimate of drug-likeness (QED) is 0.683. The zero-order valence-corrected chi connectivity index (χ0v) is 11.3. The summed E-state index contributed by atoms with van der Waals surface area (Å²) in [7, 11) is 0. The van der Waals surface area contributed by atoms with Crippen LogP contribution in [0.4, 0.5) is 23.2 Å². The summed E-state index contributed by atoms with van der Waals surface area (Å²) in [6, 6.07) is 3.36. The molecule has 0 bridgehead atoms. The summed E-state index contributed by atoms with van der Waals surface area (Å²) in [5.74, 6) is -2.16. The lowest BCUT2D eigenvalue weighted by Gasteiger charge is -2.31. The molecule has 1 aromatic rings. The second kappa shape index (κ2) is 5.68. The number of ether oxygens (including phenoxy) is 1. The number of benzene rings is 1. The first-order valence-corrected chi connectivity index (χ1v) is 5.89. The van der Waals surface area contributed by atoms with Crippen LogP contribution in [-0.2, 0) is 9.53 Å². The average Bonchev–Trinajstić information content (AvgIpc) is 2.25. The van der Waals surface area contributed by atoms with Crippen molar-refractivity contribution in [2.75, 3.05) is 11.9 Å². The van der Waals surface area contributed by atoms with Crippen molar-refractivity contribution in [1.29, 1.82) is 0 Å². The number of esters is 1. The molecule has 0 aliphatic carbocycles. The third-order valence-corrected chi connectivity index (χ3v) is 2.69. The second-order valence-electron chi connectivity index (χ2n) is 4.49. The molecule has 0 saturated carbocycles. The number of nitrogens with one attached hydrogen (secondary N) is 1. The van der Waals surface area contributed by atoms with Gasteiger partial charge in [-0.2, -0.15) is 13.2 Å². The Morgan fingerprint density at radius 2 is 1.90 bits per heavy atom. The molecule has 0 amide bonds. The monoisotopic (exact) mass is 293 g/mol. The van der Waals surface area contributed by atoms with E-state index in [0.717, 1.165) is 6.07 Å². The molecule has 3 nitrogen and oxygen atoms in total. The van der Waals surface area contributed by atoms with Crippen LogP contribution in [0.1, 0.15) is 19.4 Å². The molecule has 0 aromatic heterocycles. The molecule has 1 N–H and O–H groups in total. The summed E-state index contributed by atoms with van der Waals surface area (Å²) in [5, 5.41) is 2.02. The third kappa shape index (κ3) is 3.40. The van der Waals surface area contributed by atoms with Crippen molar-refractivity contribution >= 4 is 11.7 Å². The van der Waals surface area contributed by atoms with E-state index in [1.807, 2.05) is 5.32 Å². The van der Waals surface area contributed by atoms with Crippen molar-refractivity contribution in [2.24, 2.45) is 0 Å². The van der Waals surface area contributed by atoms with Crippen LogP contribution in [0, 0.1) is 12.7 Å². The zero-order valence-electron chi connectivity index (χ0n) is 11.3. The summed E-state index contributed by atoms with van der Waals surface area (Å²) in [5.41, 5.74) is -2.65. The maximum atomic E-state index is 13.2. The summed E-state index contributed by atoms with van der Waals surface area (Å²) >= 11 is 0. The van der Waals surface area contributed by atoms with Gasteiger partial charge in [-0.05, 0) is 44.5 Å². The van der Waals surface area contributed by atoms with Crippen LogP contribution in [0.15, 0.2) is 18.2 Å². The van der Waals surface area contributed by atoms with Gasteiger partial charge in [0.1, 0.15) is 5.82 Å². The second-order valence-corrected chi connectivity index (χ2v) is 4.49. The van der Waals surface area contributed by atoms with Gasteiger partial charge in [0, 0.05) is 5.69 Å². The van der Waals surface area contributed by atoms with Crippen LogP contribution in [0.3, 0.4) is 0 Å². The highest BCUT2D eigenvalue weighted by Crippen LogP contribution is 2.34. The van der Waals surface area contributed by atoms with E-state index in [2.05, 4.69) is 4.74 Å². The van der Waals surface area contributed by atoms with E-state index in [-0.39, 0.29) is 12.3 Å². The Morgan fingerprint density at radius 3 is 2.35 bits per heavy atom. The van der Waals surface area contributed by atoms with Crippen molar-refractivity contribution in [3.05, 3.63) is 29.6 Å². The van der Waals surface area contributed by atoms with Gasteiger partial charge in [-0.1, -0.05) is 0 Å². The van der Waals surface area contributed by atoms with Crippen molar-refractivity contribution in [3.63, 3.8) is 0 Å². The predicted octanol–water partition coefficient (Wildman–Crippen LogP) is 3.43. The minimum atomic E-state index is -4.89. The molecule has 1 aromatic carbocycles. The summed E-state index contributed by atoms with van der Waals surface area (Å²) in [6.45, 7) is 3.41. The van der Waals surface area contributed by atoms with Crippen molar-refractivity contribution in [2.45, 2.75) is 32.5 Å². The summed E-state index contributed by atoms with van der Waals surface area (Å²) < 4.78 is 57.0. The van der Waals surface area contributed by atoms with E-state index in [0.29, 0.717) is 12.5 Å². The number of anilines is 1. The van der Waals surface area contributed by atoms with Gasteiger partial charge in [-0.15, -0.1) is 0 Å². The maximum Gasteiger partial charge on any atom is 0.422 e. The fourth-order valence-electron chi connectivity index (χ4n) is 1.61. The van der Waals surface area contributed by atoms with E-state index >= 15 is 0 Å². The topological polar surface area (TPSA) is 38.3 Å². The fraction of sp³-hybridized carbons (Fsp3) is 0.462. The molecule has 112 valence electrons. The largest absolute Gasteiger partial charge is 0.464 e. The molecular formula is C13H15F4NO2. The van der Waals surface area contributed by atoms with Gasteiger partial charge in [0.15, 0.2) is 0 Å². The van der Waals surface area contributed by atoms with Gasteiger partial charge in [-0.3, -0.25) is 0 Å². The first kappa shape index (κ1) is 16.3. The third-order valence-electron chi connectivity index (χ3n) is 2.69. The SMILES string of the molecule is CCOC(=O)C(C)(Nc1cc(C)cc(F)c1)C(F)(F)F. The molecule has 0 spiro atoms. The molecule has 1 unspecified atom stereocenters. The number of hydrogen-bond acceptors (Lipinski definition) is 3. The molecule has 20 heavy (non-hydrogen) atoms. The minimum absolute atomic E-state index is 0.143. The number of hydrogen-bond donors (Lipinski definition) is 1. The molecular weight excluding hydrogens is 278 g/mol. The van der Waals surface area contributed by atoms with Crippen molar-refractivity contribution < 1.29 is 27.1 Å². The van der Waals surface area contributed by atoms with E-state index < -0.39 is 23.5 Å². The lowest BCUT2D eigenvalue weighted by Crippen LogP contribution is -2.56. The highest BCUT2D eigenvalue weighted by molar-refractivity contribution is 5.85. The number of carbonyl (C=O) groups excluding carboxylic acids is 1. The Bertz CT molecular complexity index is 481. The van der Waals surface area contributed by atoms with Gasteiger partial charge in [0.05, 0.1) is 6.61 Å². The molecule has 0 aliphatic heterocycles. The van der Waals surface area contributed by atoms with Crippen LogP contribution in [0.2, 0.25) is 0 Å². The smallest absolute Gasteiger partial charge is 0.422 e. The van der Waals surface area contributed by atoms with E-state index in [4.69, 9.17) is 0 Å². The van der Waals surface area contributed by atoms with E-state index in [1.165, 1.54) is 26.0 Å². The Hall–Kier alpha value is -1.79. The number of rotatable bonds is 4. The highest BCUT2D eigenvalue weighted by Gasteiger charge is 2.58. The van der Waals surface area contributed by atoms with Crippen LogP contribution in [-0.4, -0.2) is 24.3 Å². The maximum absolute atomic E-state index is 13.2. The standard InChI is InChI=1S/C13H15F4NO2/c1-4-20-11(19)12(3,13(15,16)17)18-10-6-8(2)5-9(14)7-10/h5-7,18H,4H2,1-3H3. The molecule has 1 rings (SSSR count). The Labute approximate surface area is 113 Å². The lowest BCUT2D eigenvalue weighted by molar-refractivity contribution is -0.196. The summed E-state index contributed by atoms with van der Waals surface area (Å²) in [6.07, 6.45) is -4.89. The van der Waals surface area contributed by atoms with Gasteiger partial charge >= 0.3 is 12.1 Å². The number of alkyl halides is 3. The van der Waals surface area contributed by atoms with Gasteiger partial charge < -0.3 is 10.1 Å². The molecule has 1 atom stereocenters. The molecule has 0 heterocycles. The van der Waals surface area contributed by atoms with Crippen molar-refractivity contribution in [3.8, 4) is 0 Å². The highest BCUT2D eigenvalue weighted by atomic mass is 19.4. The van der Waals surface area contributed by atoms with E-state index in [9.17, 15) is 22.4 Å². The Morgan fingerprint density at radius 1 is 1.30 bits per heavy atom. The molecule has 0 saturated heterocycles. The van der Waals surface area contributed by atoms with Gasteiger partial charge in [0.2, 0.25) is 5.54 Å². The minimum Gasteiger partial charge on any atom is -0.464 e. The summed E-state index contributed by atoms with van der Waals surface area (Å²) in [4.78, 5) is 11.6. The Balaban J connectivity index is 3.16. The molecule has 0 fully saturated rings. The fourth-order valence-corrected chi connectivity index (χ4v) is 1.61. The normalized spacial score (nSPS) is 14.6. The van der Waals surface area contributed by atoms with Crippen LogP contribution in [0.5, 0.6) is 0 Å². The Kier molecular flexibility index (Phi) is 4.62. The van der Waals surface area contributed by atoms with E-state index in [1.54, 1.807) is 0 Å². The first-order valence-electron chi connectivity index (χ1n) is 5.89. The van der Waals surface area contributed by atoms with Gasteiger partial charge in [0.25, 0.3) is 0 Å². The van der Waals surface area contributed by atoms with Crippen LogP contribution in [0.25, 0.3) is 0 Å². The number of aryl methyl sites for hydroxylation is 1. The van der Waals surface area contributed by atoms with Gasteiger partial charge in [-0.25, -0.2) is 9.18 Å². The molecule has 0 aliphatic rings. The predicted molar refractivity (Wildman–Crippen MR) is 65.9 cm³/mol. The zero-order chi connectivity index (χ0) is 15.6. The van der Waals surface area contributed by atoms with Crippen molar-refractivity contribution in [1.82, 2.24) is 0 Å². The van der Waals surface area contributed by atoms with Crippen LogP contribution < -0.4 is 5.32 Å². The number of carbonyl (C=O) groups is 1. The van der Waals surface area contributed by atoms with Crippen LogP contribution >= 0.6 is 0 Å². The lowest BCUT2D eigenvalue weighted by atomic mass is 10.0.